The highest BCUT2D eigenvalue weighted by Gasteiger charge is 2.44. The number of allylic oxidation sites excluding steroid dienone is 1. The number of carbonyl (C=O) groups excluding carboxylic acids is 2. The number of rotatable bonds is 7. The molecule has 1 aliphatic heterocycles. The first kappa shape index (κ1) is 22.9. The smallest absolute Gasteiger partial charge is 0.336 e. The second-order valence-corrected chi connectivity index (χ2v) is 7.19. The van der Waals surface area contributed by atoms with Crippen molar-refractivity contribution >= 4 is 23.3 Å². The lowest BCUT2D eigenvalue weighted by Gasteiger charge is -2.29. The summed E-state index contributed by atoms with van der Waals surface area (Å²) in [6, 6.07) is 9.28. The summed E-state index contributed by atoms with van der Waals surface area (Å²) in [5.41, 5.74) is 1.77. The molecular formula is C23H24N2O7. The number of nitro benzene ring substituents is 1. The van der Waals surface area contributed by atoms with Crippen molar-refractivity contribution in [2.24, 2.45) is 10.9 Å². The molecule has 32 heavy (non-hydrogen) atoms. The van der Waals surface area contributed by atoms with Gasteiger partial charge in [-0.3, -0.25) is 19.9 Å². The van der Waals surface area contributed by atoms with Crippen molar-refractivity contribution in [1.82, 2.24) is 0 Å². The van der Waals surface area contributed by atoms with E-state index < -0.39 is 28.7 Å². The summed E-state index contributed by atoms with van der Waals surface area (Å²) in [5.74, 6) is -1.91. The van der Waals surface area contributed by atoms with E-state index in [0.29, 0.717) is 28.5 Å². The quantitative estimate of drug-likeness (QED) is 0.355. The van der Waals surface area contributed by atoms with Crippen LogP contribution in [0.2, 0.25) is 0 Å². The van der Waals surface area contributed by atoms with Gasteiger partial charge in [0.1, 0.15) is 17.4 Å². The molecule has 0 bridgehead atoms. The third-order valence-corrected chi connectivity index (χ3v) is 5.16. The molecule has 1 aliphatic rings. The zero-order chi connectivity index (χ0) is 23.4. The molecule has 0 amide bonds. The summed E-state index contributed by atoms with van der Waals surface area (Å²) < 4.78 is 16.5. The van der Waals surface area contributed by atoms with Gasteiger partial charge in [-0.1, -0.05) is 0 Å². The standard InChI is InChI=1S/C23H24N2O7/c1-5-30-22(26)19-13(3)24-14(4)20(23(27)31-6-2)21(19)18-12-11-17(32-18)15-7-9-16(10-8-15)25(28)29/h7-12,19,21H,5-6H2,1-4H3/t19?,21-/m1/s1. The van der Waals surface area contributed by atoms with Gasteiger partial charge in [0.05, 0.1) is 29.6 Å². The van der Waals surface area contributed by atoms with Crippen LogP contribution in [0.5, 0.6) is 0 Å². The third kappa shape index (κ3) is 4.46. The van der Waals surface area contributed by atoms with Crippen LogP contribution in [0.4, 0.5) is 5.69 Å². The normalized spacial score (nSPS) is 18.2. The number of nitrogens with zero attached hydrogens (tertiary/aromatic N) is 2. The predicted octanol–water partition coefficient (Wildman–Crippen LogP) is 4.43. The number of aliphatic imine (C=N–C) groups is 1. The molecule has 1 aromatic carbocycles. The molecule has 2 heterocycles. The van der Waals surface area contributed by atoms with Gasteiger partial charge in [0.25, 0.3) is 5.69 Å². The molecule has 9 nitrogen and oxygen atoms in total. The van der Waals surface area contributed by atoms with E-state index >= 15 is 0 Å². The van der Waals surface area contributed by atoms with Crippen molar-refractivity contribution < 1.29 is 28.4 Å². The van der Waals surface area contributed by atoms with E-state index in [-0.39, 0.29) is 24.5 Å². The van der Waals surface area contributed by atoms with E-state index in [1.54, 1.807) is 52.0 Å². The van der Waals surface area contributed by atoms with Gasteiger partial charge in [0.2, 0.25) is 0 Å². The van der Waals surface area contributed by atoms with E-state index in [4.69, 9.17) is 13.9 Å². The Bertz CT molecular complexity index is 1100. The average Bonchev–Trinajstić information content (AvgIpc) is 3.23. The first-order valence-electron chi connectivity index (χ1n) is 10.2. The fourth-order valence-electron chi connectivity index (χ4n) is 3.78. The van der Waals surface area contributed by atoms with Crippen LogP contribution in [0, 0.1) is 16.0 Å². The highest BCUT2D eigenvalue weighted by Crippen LogP contribution is 2.42. The van der Waals surface area contributed by atoms with Crippen molar-refractivity contribution in [2.45, 2.75) is 33.6 Å². The SMILES string of the molecule is CCOC(=O)C1=C(C)N=C(C)C(C(=O)OCC)[C@H]1c1ccc(-c2ccc([N+](=O)[O-])cc2)o1. The Labute approximate surface area is 184 Å². The fraction of sp³-hybridized carbons (Fsp3) is 0.348. The molecule has 9 heteroatoms. The predicted molar refractivity (Wildman–Crippen MR) is 116 cm³/mol. The summed E-state index contributed by atoms with van der Waals surface area (Å²) >= 11 is 0. The van der Waals surface area contributed by atoms with Gasteiger partial charge in [0, 0.05) is 29.1 Å². The van der Waals surface area contributed by atoms with E-state index in [1.807, 2.05) is 0 Å². The minimum Gasteiger partial charge on any atom is -0.465 e. The maximum Gasteiger partial charge on any atom is 0.336 e. The molecule has 0 saturated carbocycles. The summed E-state index contributed by atoms with van der Waals surface area (Å²) in [6.07, 6.45) is 0. The number of esters is 2. The zero-order valence-corrected chi connectivity index (χ0v) is 18.3. The van der Waals surface area contributed by atoms with Crippen LogP contribution in [0.1, 0.15) is 39.4 Å². The lowest BCUT2D eigenvalue weighted by Crippen LogP contribution is -2.36. The lowest BCUT2D eigenvalue weighted by atomic mass is 9.78. The Morgan fingerprint density at radius 2 is 1.72 bits per heavy atom. The highest BCUT2D eigenvalue weighted by molar-refractivity contribution is 6.06. The van der Waals surface area contributed by atoms with Gasteiger partial charge < -0.3 is 13.9 Å². The van der Waals surface area contributed by atoms with E-state index in [9.17, 15) is 19.7 Å². The fourth-order valence-corrected chi connectivity index (χ4v) is 3.78. The Kier molecular flexibility index (Phi) is 6.87. The van der Waals surface area contributed by atoms with Gasteiger partial charge >= 0.3 is 11.9 Å². The maximum atomic E-state index is 12.8. The molecule has 3 rings (SSSR count). The molecule has 1 unspecified atom stereocenters. The Morgan fingerprint density at radius 3 is 2.31 bits per heavy atom. The van der Waals surface area contributed by atoms with Crippen molar-refractivity contribution in [2.75, 3.05) is 13.2 Å². The largest absolute Gasteiger partial charge is 0.465 e. The first-order valence-corrected chi connectivity index (χ1v) is 10.2. The number of non-ortho nitro benzene ring substituents is 1. The van der Waals surface area contributed by atoms with Crippen molar-refractivity contribution in [3.8, 4) is 11.3 Å². The molecule has 2 atom stereocenters. The average molecular weight is 440 g/mol. The topological polar surface area (TPSA) is 121 Å². The number of benzene rings is 1. The number of hydrogen-bond donors (Lipinski definition) is 0. The first-order chi connectivity index (χ1) is 15.3. The minimum absolute atomic E-state index is 0.0369. The monoisotopic (exact) mass is 440 g/mol. The molecule has 0 radical (unpaired) electrons. The van der Waals surface area contributed by atoms with Gasteiger partial charge in [-0.05, 0) is 52.0 Å². The minimum atomic E-state index is -0.853. The molecule has 0 fully saturated rings. The number of carbonyl (C=O) groups is 2. The lowest BCUT2D eigenvalue weighted by molar-refractivity contribution is -0.384. The number of ether oxygens (including phenoxy) is 2. The van der Waals surface area contributed by atoms with Crippen LogP contribution in [0.15, 0.2) is 57.1 Å². The number of furan rings is 1. The number of nitro groups is 1. The Morgan fingerprint density at radius 1 is 1.06 bits per heavy atom. The maximum absolute atomic E-state index is 12.8. The second kappa shape index (κ2) is 9.59. The zero-order valence-electron chi connectivity index (χ0n) is 18.3. The summed E-state index contributed by atoms with van der Waals surface area (Å²) in [7, 11) is 0. The molecule has 2 aromatic rings. The molecule has 0 N–H and O–H groups in total. The molecule has 1 aromatic heterocycles. The van der Waals surface area contributed by atoms with Crippen LogP contribution >= 0.6 is 0 Å². The summed E-state index contributed by atoms with van der Waals surface area (Å²) in [5, 5.41) is 10.9. The van der Waals surface area contributed by atoms with Crippen LogP contribution in [-0.4, -0.2) is 35.8 Å². The molecule has 0 spiro atoms. The van der Waals surface area contributed by atoms with Crippen molar-refractivity contribution in [3.05, 3.63) is 63.5 Å². The molecule has 0 saturated heterocycles. The highest BCUT2D eigenvalue weighted by atomic mass is 16.6. The van der Waals surface area contributed by atoms with Crippen LogP contribution in [-0.2, 0) is 19.1 Å². The summed E-state index contributed by atoms with van der Waals surface area (Å²) in [4.78, 5) is 40.4. The van der Waals surface area contributed by atoms with Crippen LogP contribution < -0.4 is 0 Å². The van der Waals surface area contributed by atoms with E-state index in [0.717, 1.165) is 0 Å². The van der Waals surface area contributed by atoms with Gasteiger partial charge in [-0.2, -0.15) is 0 Å². The van der Waals surface area contributed by atoms with Crippen molar-refractivity contribution in [3.63, 3.8) is 0 Å². The van der Waals surface area contributed by atoms with E-state index in [2.05, 4.69) is 4.99 Å². The third-order valence-electron chi connectivity index (χ3n) is 5.16. The molecule has 168 valence electrons. The van der Waals surface area contributed by atoms with Gasteiger partial charge in [-0.25, -0.2) is 4.79 Å². The molecule has 0 aliphatic carbocycles. The van der Waals surface area contributed by atoms with Gasteiger partial charge in [0.15, 0.2) is 0 Å². The van der Waals surface area contributed by atoms with Gasteiger partial charge in [-0.15, -0.1) is 0 Å². The molecular weight excluding hydrogens is 416 g/mol. The van der Waals surface area contributed by atoms with Crippen LogP contribution in [0.3, 0.4) is 0 Å². The summed E-state index contributed by atoms with van der Waals surface area (Å²) in [6.45, 7) is 7.14. The van der Waals surface area contributed by atoms with Crippen LogP contribution in [0.25, 0.3) is 11.3 Å². The Balaban J connectivity index is 2.07. The van der Waals surface area contributed by atoms with E-state index in [1.165, 1.54) is 12.1 Å². The number of hydrogen-bond acceptors (Lipinski definition) is 8. The van der Waals surface area contributed by atoms with Crippen molar-refractivity contribution in [1.29, 1.82) is 0 Å². The Hall–Kier alpha value is -3.75. The second-order valence-electron chi connectivity index (χ2n) is 7.19.